The summed E-state index contributed by atoms with van der Waals surface area (Å²) in [6, 6.07) is 13.1. The lowest BCUT2D eigenvalue weighted by molar-refractivity contribution is 0.614. The molecule has 1 N–H and O–H groups in total. The van der Waals surface area contributed by atoms with Gasteiger partial charge in [-0.3, -0.25) is 0 Å². The second-order valence-corrected chi connectivity index (χ2v) is 5.41. The van der Waals surface area contributed by atoms with Gasteiger partial charge in [-0.05, 0) is 71.5 Å². The van der Waals surface area contributed by atoms with Crippen LogP contribution in [0.4, 0.5) is 4.39 Å². The molecular formula is C15H15FIN. The summed E-state index contributed by atoms with van der Waals surface area (Å²) in [5, 5.41) is 3.27. The van der Waals surface area contributed by atoms with E-state index in [1.54, 1.807) is 6.07 Å². The van der Waals surface area contributed by atoms with E-state index in [1.807, 2.05) is 32.2 Å². The molecule has 1 unspecified atom stereocenters. The Hall–Kier alpha value is -0.940. The van der Waals surface area contributed by atoms with E-state index in [-0.39, 0.29) is 11.9 Å². The molecule has 0 aromatic heterocycles. The highest BCUT2D eigenvalue weighted by molar-refractivity contribution is 14.1. The molecule has 0 radical (unpaired) electrons. The Labute approximate surface area is 121 Å². The molecular weight excluding hydrogens is 340 g/mol. The van der Waals surface area contributed by atoms with Crippen molar-refractivity contribution < 1.29 is 4.39 Å². The molecule has 0 spiro atoms. The Morgan fingerprint density at radius 3 is 2.50 bits per heavy atom. The lowest BCUT2D eigenvalue weighted by atomic mass is 9.95. The molecule has 2 rings (SSSR count). The molecule has 2 aromatic carbocycles. The highest BCUT2D eigenvalue weighted by Gasteiger charge is 2.16. The summed E-state index contributed by atoms with van der Waals surface area (Å²) >= 11 is 2.31. The minimum absolute atomic E-state index is 0.0220. The fourth-order valence-electron chi connectivity index (χ4n) is 2.11. The summed E-state index contributed by atoms with van der Waals surface area (Å²) in [4.78, 5) is 0. The van der Waals surface area contributed by atoms with E-state index in [9.17, 15) is 4.39 Å². The van der Waals surface area contributed by atoms with Gasteiger partial charge in [0.1, 0.15) is 5.82 Å². The molecule has 94 valence electrons. The summed E-state index contributed by atoms with van der Waals surface area (Å²) < 4.78 is 14.6. The van der Waals surface area contributed by atoms with Gasteiger partial charge in [-0.1, -0.05) is 24.3 Å². The van der Waals surface area contributed by atoms with Crippen LogP contribution in [0.2, 0.25) is 0 Å². The van der Waals surface area contributed by atoms with Crippen LogP contribution in [-0.4, -0.2) is 7.05 Å². The van der Waals surface area contributed by atoms with Crippen LogP contribution >= 0.6 is 22.6 Å². The molecule has 2 aromatic rings. The first kappa shape index (κ1) is 13.5. The van der Waals surface area contributed by atoms with Crippen molar-refractivity contribution in [3.63, 3.8) is 0 Å². The van der Waals surface area contributed by atoms with Crippen LogP contribution in [-0.2, 0) is 0 Å². The number of halogens is 2. The molecule has 0 aliphatic rings. The summed E-state index contributed by atoms with van der Waals surface area (Å²) in [6.07, 6.45) is 0. The Balaban J connectivity index is 2.52. The van der Waals surface area contributed by atoms with E-state index in [0.29, 0.717) is 0 Å². The predicted octanol–water partition coefficient (Wildman–Crippen LogP) is 4.05. The van der Waals surface area contributed by atoms with Crippen LogP contribution in [0.1, 0.15) is 22.7 Å². The minimum Gasteiger partial charge on any atom is -0.309 e. The van der Waals surface area contributed by atoms with Gasteiger partial charge in [0.15, 0.2) is 0 Å². The van der Waals surface area contributed by atoms with Gasteiger partial charge < -0.3 is 5.32 Å². The molecule has 0 aliphatic heterocycles. The maximum Gasteiger partial charge on any atom is 0.123 e. The third-order valence-corrected chi connectivity index (χ3v) is 4.04. The fraction of sp³-hybridized carbons (Fsp3) is 0.200. The Bertz CT molecular complexity index is 554. The maximum atomic E-state index is 13.4. The van der Waals surface area contributed by atoms with Crippen molar-refractivity contribution in [1.29, 1.82) is 0 Å². The summed E-state index contributed by atoms with van der Waals surface area (Å²) in [6.45, 7) is 2.01. The van der Waals surface area contributed by atoms with Crippen LogP contribution in [0.15, 0.2) is 42.5 Å². The van der Waals surface area contributed by atoms with Crippen molar-refractivity contribution in [2.45, 2.75) is 13.0 Å². The van der Waals surface area contributed by atoms with Crippen LogP contribution < -0.4 is 5.32 Å². The molecule has 1 atom stereocenters. The monoisotopic (exact) mass is 355 g/mol. The zero-order chi connectivity index (χ0) is 13.1. The smallest absolute Gasteiger partial charge is 0.123 e. The maximum absolute atomic E-state index is 13.4. The van der Waals surface area contributed by atoms with Crippen LogP contribution in [0.5, 0.6) is 0 Å². The minimum atomic E-state index is -0.193. The van der Waals surface area contributed by atoms with Gasteiger partial charge >= 0.3 is 0 Å². The van der Waals surface area contributed by atoms with E-state index in [1.165, 1.54) is 15.2 Å². The first-order valence-corrected chi connectivity index (χ1v) is 6.89. The van der Waals surface area contributed by atoms with E-state index >= 15 is 0 Å². The SMILES string of the molecule is CNC(c1cc(F)ccc1C)c1ccccc1I. The molecule has 0 bridgehead atoms. The zero-order valence-electron chi connectivity index (χ0n) is 10.4. The van der Waals surface area contributed by atoms with Gasteiger partial charge in [0, 0.05) is 3.57 Å². The standard InChI is InChI=1S/C15H15FIN/c1-10-7-8-11(16)9-13(10)15(18-2)12-5-3-4-6-14(12)17/h3-9,15,18H,1-2H3. The number of benzene rings is 2. The van der Waals surface area contributed by atoms with Crippen LogP contribution in [0, 0.1) is 16.3 Å². The van der Waals surface area contributed by atoms with E-state index < -0.39 is 0 Å². The van der Waals surface area contributed by atoms with Crippen molar-refractivity contribution in [2.75, 3.05) is 7.05 Å². The number of hydrogen-bond donors (Lipinski definition) is 1. The quantitative estimate of drug-likeness (QED) is 0.820. The molecule has 0 saturated carbocycles. The third kappa shape index (κ3) is 2.72. The van der Waals surface area contributed by atoms with Gasteiger partial charge in [-0.25, -0.2) is 4.39 Å². The van der Waals surface area contributed by atoms with Crippen molar-refractivity contribution >= 4 is 22.6 Å². The van der Waals surface area contributed by atoms with Gasteiger partial charge in [0.25, 0.3) is 0 Å². The number of nitrogens with one attached hydrogen (secondary N) is 1. The summed E-state index contributed by atoms with van der Waals surface area (Å²) in [5.74, 6) is -0.193. The van der Waals surface area contributed by atoms with Crippen LogP contribution in [0.3, 0.4) is 0 Å². The van der Waals surface area contributed by atoms with E-state index in [2.05, 4.69) is 40.0 Å². The average Bonchev–Trinajstić information content (AvgIpc) is 2.36. The molecule has 18 heavy (non-hydrogen) atoms. The van der Waals surface area contributed by atoms with Gasteiger partial charge in [0.05, 0.1) is 6.04 Å². The molecule has 0 heterocycles. The third-order valence-electron chi connectivity index (χ3n) is 3.06. The average molecular weight is 355 g/mol. The van der Waals surface area contributed by atoms with E-state index in [4.69, 9.17) is 0 Å². The number of rotatable bonds is 3. The number of aryl methyl sites for hydroxylation is 1. The van der Waals surface area contributed by atoms with Crippen molar-refractivity contribution in [3.05, 3.63) is 68.5 Å². The highest BCUT2D eigenvalue weighted by atomic mass is 127. The second kappa shape index (κ2) is 5.80. The lowest BCUT2D eigenvalue weighted by Crippen LogP contribution is -2.19. The molecule has 1 nitrogen and oxygen atoms in total. The van der Waals surface area contributed by atoms with Crippen LogP contribution in [0.25, 0.3) is 0 Å². The van der Waals surface area contributed by atoms with Gasteiger partial charge in [0.2, 0.25) is 0 Å². The Kier molecular flexibility index (Phi) is 4.35. The molecule has 0 aliphatic carbocycles. The van der Waals surface area contributed by atoms with Gasteiger partial charge in [-0.15, -0.1) is 0 Å². The lowest BCUT2D eigenvalue weighted by Gasteiger charge is -2.20. The van der Waals surface area contributed by atoms with Crippen molar-refractivity contribution in [3.8, 4) is 0 Å². The predicted molar refractivity (Wildman–Crippen MR) is 81.2 cm³/mol. The first-order chi connectivity index (χ1) is 8.63. The summed E-state index contributed by atoms with van der Waals surface area (Å²) in [5.41, 5.74) is 3.26. The molecule has 3 heteroatoms. The largest absolute Gasteiger partial charge is 0.309 e. The first-order valence-electron chi connectivity index (χ1n) is 5.81. The Morgan fingerprint density at radius 1 is 1.11 bits per heavy atom. The van der Waals surface area contributed by atoms with Crippen molar-refractivity contribution in [1.82, 2.24) is 5.32 Å². The second-order valence-electron chi connectivity index (χ2n) is 4.24. The summed E-state index contributed by atoms with van der Waals surface area (Å²) in [7, 11) is 1.90. The fourth-order valence-corrected chi connectivity index (χ4v) is 2.81. The topological polar surface area (TPSA) is 12.0 Å². The Morgan fingerprint density at radius 2 is 1.83 bits per heavy atom. The molecule has 0 amide bonds. The van der Waals surface area contributed by atoms with Crippen molar-refractivity contribution in [2.24, 2.45) is 0 Å². The highest BCUT2D eigenvalue weighted by Crippen LogP contribution is 2.28. The molecule has 0 saturated heterocycles. The molecule has 0 fully saturated rings. The normalized spacial score (nSPS) is 12.4. The van der Waals surface area contributed by atoms with Gasteiger partial charge in [-0.2, -0.15) is 0 Å². The van der Waals surface area contributed by atoms with E-state index in [0.717, 1.165) is 11.1 Å². The zero-order valence-corrected chi connectivity index (χ0v) is 12.5. The number of hydrogen-bond acceptors (Lipinski definition) is 1.